The summed E-state index contributed by atoms with van der Waals surface area (Å²) >= 11 is 0. The van der Waals surface area contributed by atoms with Gasteiger partial charge in [0, 0.05) is 6.54 Å². The first-order valence-electron chi connectivity index (χ1n) is 5.91. The highest BCUT2D eigenvalue weighted by atomic mass is 32.2. The van der Waals surface area contributed by atoms with Crippen LogP contribution >= 0.6 is 0 Å². The highest BCUT2D eigenvalue weighted by molar-refractivity contribution is 7.89. The van der Waals surface area contributed by atoms with Crippen molar-refractivity contribution in [3.63, 3.8) is 0 Å². The predicted octanol–water partition coefficient (Wildman–Crippen LogP) is 0.375. The van der Waals surface area contributed by atoms with Gasteiger partial charge in [-0.1, -0.05) is 6.07 Å². The number of carboxylic acids is 1. The molecule has 4 N–H and O–H groups in total. The number of nitrogens with two attached hydrogens (primary N) is 1. The second-order valence-electron chi connectivity index (χ2n) is 4.30. The van der Waals surface area contributed by atoms with Crippen molar-refractivity contribution in [3.8, 4) is 0 Å². The minimum absolute atomic E-state index is 0.0886. The van der Waals surface area contributed by atoms with Gasteiger partial charge in [-0.15, -0.1) is 0 Å². The average molecular weight is 316 g/mol. The molecule has 8 nitrogen and oxygen atoms in total. The Labute approximate surface area is 122 Å². The number of carbonyl (C=O) groups excluding carboxylic acids is 1. The summed E-state index contributed by atoms with van der Waals surface area (Å²) in [7, 11) is -3.91. The number of nitrogens with one attached hydrogen (secondary N) is 1. The topological polar surface area (TPSA) is 136 Å². The Morgan fingerprint density at radius 2 is 1.90 bits per heavy atom. The lowest BCUT2D eigenvalue weighted by atomic mass is 10.1. The summed E-state index contributed by atoms with van der Waals surface area (Å²) in [4.78, 5) is 21.3. The van der Waals surface area contributed by atoms with Gasteiger partial charge in [0.25, 0.3) is 0 Å². The van der Waals surface area contributed by atoms with Crippen LogP contribution in [0.25, 0.3) is 0 Å². The molecule has 0 aromatic heterocycles. The Morgan fingerprint density at radius 1 is 1.29 bits per heavy atom. The molecule has 1 aromatic rings. The third kappa shape index (κ3) is 4.43. The van der Waals surface area contributed by atoms with Crippen LogP contribution in [-0.4, -0.2) is 38.7 Å². The summed E-state index contributed by atoms with van der Waals surface area (Å²) in [6, 6.07) is 2.59. The molecular weight excluding hydrogens is 300 g/mol. The maximum atomic E-state index is 12.1. The Bertz CT molecular complexity index is 669. The standard InChI is InChI=1S/C12H16N2O6S/c1-7-5-8(2)10(6-9(7)11(15)16)21(18,19)14-3-4-20-12(13)17/h5-6,14H,3-4H2,1-2H3,(H2,13,17)(H,15,16). The van der Waals surface area contributed by atoms with Crippen molar-refractivity contribution in [1.82, 2.24) is 4.72 Å². The number of rotatable bonds is 6. The van der Waals surface area contributed by atoms with Crippen molar-refractivity contribution in [3.05, 3.63) is 28.8 Å². The van der Waals surface area contributed by atoms with Crippen LogP contribution < -0.4 is 10.5 Å². The summed E-state index contributed by atoms with van der Waals surface area (Å²) < 4.78 is 30.8. The lowest BCUT2D eigenvalue weighted by Gasteiger charge is -2.11. The number of carbonyl (C=O) groups is 2. The van der Waals surface area contributed by atoms with Gasteiger partial charge in [0.1, 0.15) is 6.61 Å². The lowest BCUT2D eigenvalue weighted by molar-refractivity contribution is 0.0695. The normalized spacial score (nSPS) is 11.1. The molecule has 0 atom stereocenters. The van der Waals surface area contributed by atoms with Crippen LogP contribution in [-0.2, 0) is 14.8 Å². The maximum absolute atomic E-state index is 12.1. The van der Waals surface area contributed by atoms with E-state index in [0.717, 1.165) is 6.07 Å². The number of carboxylic acid groups (broad SMARTS) is 1. The molecule has 1 rings (SSSR count). The summed E-state index contributed by atoms with van der Waals surface area (Å²) in [5, 5.41) is 9.04. The Balaban J connectivity index is 3.00. The smallest absolute Gasteiger partial charge is 0.404 e. The van der Waals surface area contributed by atoms with E-state index in [4.69, 9.17) is 10.8 Å². The molecule has 21 heavy (non-hydrogen) atoms. The fourth-order valence-electron chi connectivity index (χ4n) is 1.76. The quantitative estimate of drug-likeness (QED) is 0.649. The van der Waals surface area contributed by atoms with Crippen molar-refractivity contribution >= 4 is 22.1 Å². The number of hydrogen-bond donors (Lipinski definition) is 3. The Morgan fingerprint density at radius 3 is 2.43 bits per heavy atom. The van der Waals surface area contributed by atoms with Gasteiger partial charge in [-0.2, -0.15) is 0 Å². The molecule has 0 aliphatic heterocycles. The average Bonchev–Trinajstić information content (AvgIpc) is 2.33. The molecule has 9 heteroatoms. The Kier molecular flexibility index (Phi) is 5.28. The van der Waals surface area contributed by atoms with E-state index in [1.54, 1.807) is 13.8 Å². The van der Waals surface area contributed by atoms with Gasteiger partial charge in [0.15, 0.2) is 0 Å². The molecular formula is C12H16N2O6S. The van der Waals surface area contributed by atoms with Crippen molar-refractivity contribution in [1.29, 1.82) is 0 Å². The molecule has 0 radical (unpaired) electrons. The van der Waals surface area contributed by atoms with E-state index in [2.05, 4.69) is 9.46 Å². The van der Waals surface area contributed by atoms with Gasteiger partial charge in [0.05, 0.1) is 10.5 Å². The van der Waals surface area contributed by atoms with Crippen molar-refractivity contribution in [2.24, 2.45) is 5.73 Å². The van der Waals surface area contributed by atoms with E-state index in [1.807, 2.05) is 0 Å². The molecule has 1 amide bonds. The summed E-state index contributed by atoms with van der Waals surface area (Å²) in [6.07, 6.45) is -1.01. The summed E-state index contributed by atoms with van der Waals surface area (Å²) in [6.45, 7) is 2.76. The fraction of sp³-hybridized carbons (Fsp3) is 0.333. The van der Waals surface area contributed by atoms with Crippen LogP contribution in [0.1, 0.15) is 21.5 Å². The second kappa shape index (κ2) is 6.55. The zero-order chi connectivity index (χ0) is 16.2. The van der Waals surface area contributed by atoms with E-state index < -0.39 is 22.1 Å². The predicted molar refractivity (Wildman–Crippen MR) is 73.6 cm³/mol. The SMILES string of the molecule is Cc1cc(C)c(S(=O)(=O)NCCOC(N)=O)cc1C(=O)O. The van der Waals surface area contributed by atoms with Gasteiger partial charge in [-0.25, -0.2) is 22.7 Å². The molecule has 116 valence electrons. The van der Waals surface area contributed by atoms with Gasteiger partial charge in [0.2, 0.25) is 10.0 Å². The van der Waals surface area contributed by atoms with Crippen LogP contribution in [0.4, 0.5) is 4.79 Å². The summed E-state index contributed by atoms with van der Waals surface area (Å²) in [5.41, 5.74) is 5.54. The number of primary amides is 1. The highest BCUT2D eigenvalue weighted by Gasteiger charge is 2.20. The molecule has 0 fully saturated rings. The number of aromatic carboxylic acids is 1. The van der Waals surface area contributed by atoms with Crippen LogP contribution in [0.15, 0.2) is 17.0 Å². The molecule has 0 spiro atoms. The molecule has 0 aliphatic rings. The molecule has 0 bridgehead atoms. The zero-order valence-corrected chi connectivity index (χ0v) is 12.4. The number of benzene rings is 1. The number of sulfonamides is 1. The van der Waals surface area contributed by atoms with Crippen LogP contribution in [0, 0.1) is 13.8 Å². The molecule has 0 saturated heterocycles. The van der Waals surface area contributed by atoms with Crippen molar-refractivity contribution in [2.45, 2.75) is 18.7 Å². The first-order chi connectivity index (χ1) is 9.65. The van der Waals surface area contributed by atoms with E-state index in [-0.39, 0.29) is 23.6 Å². The van der Waals surface area contributed by atoms with Gasteiger partial charge in [-0.05, 0) is 31.0 Å². The van der Waals surface area contributed by atoms with Gasteiger partial charge in [-0.3, -0.25) is 0 Å². The Hall–Kier alpha value is -2.13. The van der Waals surface area contributed by atoms with E-state index in [0.29, 0.717) is 11.1 Å². The molecule has 0 aliphatic carbocycles. The maximum Gasteiger partial charge on any atom is 0.404 e. The monoisotopic (exact) mass is 316 g/mol. The number of hydrogen-bond acceptors (Lipinski definition) is 5. The van der Waals surface area contributed by atoms with Gasteiger partial charge >= 0.3 is 12.1 Å². The van der Waals surface area contributed by atoms with Crippen LogP contribution in [0.3, 0.4) is 0 Å². The minimum atomic E-state index is -3.91. The first-order valence-corrected chi connectivity index (χ1v) is 7.40. The molecule has 1 aromatic carbocycles. The number of ether oxygens (including phenoxy) is 1. The minimum Gasteiger partial charge on any atom is -0.478 e. The van der Waals surface area contributed by atoms with Crippen molar-refractivity contribution in [2.75, 3.05) is 13.2 Å². The van der Waals surface area contributed by atoms with E-state index in [9.17, 15) is 18.0 Å². The molecule has 0 heterocycles. The van der Waals surface area contributed by atoms with Crippen molar-refractivity contribution < 1.29 is 27.9 Å². The second-order valence-corrected chi connectivity index (χ2v) is 6.04. The number of amides is 1. The van der Waals surface area contributed by atoms with Gasteiger partial charge < -0.3 is 15.6 Å². The third-order valence-corrected chi connectivity index (χ3v) is 4.28. The van der Waals surface area contributed by atoms with E-state index >= 15 is 0 Å². The molecule has 0 unspecified atom stereocenters. The lowest BCUT2D eigenvalue weighted by Crippen LogP contribution is -2.29. The number of aryl methyl sites for hydroxylation is 2. The zero-order valence-electron chi connectivity index (χ0n) is 11.5. The fourth-order valence-corrected chi connectivity index (χ4v) is 3.02. The molecule has 0 saturated carbocycles. The first kappa shape index (κ1) is 16.9. The third-order valence-electron chi connectivity index (χ3n) is 2.68. The van der Waals surface area contributed by atoms with E-state index in [1.165, 1.54) is 6.07 Å². The van der Waals surface area contributed by atoms with Crippen LogP contribution in [0.5, 0.6) is 0 Å². The largest absolute Gasteiger partial charge is 0.478 e. The summed E-state index contributed by atoms with van der Waals surface area (Å²) in [5.74, 6) is -1.21. The highest BCUT2D eigenvalue weighted by Crippen LogP contribution is 2.20. The van der Waals surface area contributed by atoms with Crippen LogP contribution in [0.2, 0.25) is 0 Å².